The number of esters is 1. The summed E-state index contributed by atoms with van der Waals surface area (Å²) in [5.41, 5.74) is 1.85. The standard InChI is InChI=1S/C16H16F3N3O4/c1-9-21-13(8-26-22-9)14(23)20-7-12(15(24)25-2)10-3-5-11(6-4-10)16(17,18)19/h3-6,8,12H,7H2,1-2H3,(H,20,23)(H,21,22). The number of benzene rings is 1. The predicted molar refractivity (Wildman–Crippen MR) is 84.6 cm³/mol. The Morgan fingerprint density at radius 1 is 1.31 bits per heavy atom. The lowest BCUT2D eigenvalue weighted by molar-refractivity contribution is -0.142. The fourth-order valence-electron chi connectivity index (χ4n) is 2.17. The van der Waals surface area contributed by atoms with Crippen LogP contribution in [-0.4, -0.2) is 31.4 Å². The number of nitrogens with zero attached hydrogens (tertiary/aromatic N) is 1. The molecule has 0 saturated heterocycles. The molecule has 1 aromatic rings. The van der Waals surface area contributed by atoms with Crippen LogP contribution in [0.25, 0.3) is 0 Å². The van der Waals surface area contributed by atoms with E-state index in [9.17, 15) is 22.8 Å². The SMILES string of the molecule is COC(=O)C(CNC(=O)C1=CONC(C)=N1)c1ccc(C(F)(F)F)cc1. The number of carbonyl (C=O) groups excluding carboxylic acids is 2. The number of aliphatic imine (C=N–C) groups is 1. The quantitative estimate of drug-likeness (QED) is 0.772. The van der Waals surface area contributed by atoms with E-state index in [1.165, 1.54) is 12.1 Å². The maximum atomic E-state index is 12.7. The Morgan fingerprint density at radius 2 is 1.96 bits per heavy atom. The van der Waals surface area contributed by atoms with Crippen molar-refractivity contribution in [2.75, 3.05) is 13.7 Å². The molecule has 0 bridgehead atoms. The Hall–Kier alpha value is -3.04. The number of amidine groups is 1. The number of methoxy groups -OCH3 is 1. The van der Waals surface area contributed by atoms with Crippen LogP contribution < -0.4 is 10.8 Å². The summed E-state index contributed by atoms with van der Waals surface area (Å²) in [6.45, 7) is 1.40. The van der Waals surface area contributed by atoms with Gasteiger partial charge >= 0.3 is 12.1 Å². The zero-order chi connectivity index (χ0) is 19.3. The highest BCUT2D eigenvalue weighted by Crippen LogP contribution is 2.30. The van der Waals surface area contributed by atoms with Gasteiger partial charge in [-0.3, -0.25) is 9.59 Å². The topological polar surface area (TPSA) is 89.0 Å². The van der Waals surface area contributed by atoms with Gasteiger partial charge in [-0.15, -0.1) is 0 Å². The molecule has 2 N–H and O–H groups in total. The molecule has 0 saturated carbocycles. The van der Waals surface area contributed by atoms with Crippen LogP contribution in [0.4, 0.5) is 13.2 Å². The number of amides is 1. The van der Waals surface area contributed by atoms with E-state index in [-0.39, 0.29) is 17.8 Å². The van der Waals surface area contributed by atoms with Crippen molar-refractivity contribution in [1.82, 2.24) is 10.8 Å². The molecule has 1 aromatic carbocycles. The zero-order valence-electron chi connectivity index (χ0n) is 13.9. The number of rotatable bonds is 5. The summed E-state index contributed by atoms with van der Waals surface area (Å²) in [5, 5.41) is 2.49. The van der Waals surface area contributed by atoms with Crippen LogP contribution in [0.15, 0.2) is 41.2 Å². The van der Waals surface area contributed by atoms with Crippen LogP contribution in [0.5, 0.6) is 0 Å². The van der Waals surface area contributed by atoms with Crippen LogP contribution in [0.1, 0.15) is 24.0 Å². The summed E-state index contributed by atoms with van der Waals surface area (Å²) in [6, 6.07) is 4.07. The van der Waals surface area contributed by atoms with Gasteiger partial charge in [-0.05, 0) is 24.6 Å². The molecule has 0 radical (unpaired) electrons. The molecule has 0 aliphatic carbocycles. The highest BCUT2D eigenvalue weighted by molar-refractivity contribution is 5.97. The minimum Gasteiger partial charge on any atom is -0.468 e. The van der Waals surface area contributed by atoms with Crippen molar-refractivity contribution in [3.63, 3.8) is 0 Å². The lowest BCUT2D eigenvalue weighted by atomic mass is 9.97. The van der Waals surface area contributed by atoms with Crippen molar-refractivity contribution in [3.8, 4) is 0 Å². The van der Waals surface area contributed by atoms with Crippen molar-refractivity contribution in [2.45, 2.75) is 19.0 Å². The van der Waals surface area contributed by atoms with Crippen molar-refractivity contribution in [3.05, 3.63) is 47.4 Å². The van der Waals surface area contributed by atoms with E-state index < -0.39 is 29.5 Å². The number of nitrogens with one attached hydrogen (secondary N) is 2. The second kappa shape index (κ2) is 7.89. The average Bonchev–Trinajstić information content (AvgIpc) is 2.61. The lowest BCUT2D eigenvalue weighted by Gasteiger charge is -2.17. The first-order chi connectivity index (χ1) is 12.2. The first kappa shape index (κ1) is 19.3. The van der Waals surface area contributed by atoms with Crippen molar-refractivity contribution >= 4 is 17.7 Å². The van der Waals surface area contributed by atoms with E-state index in [4.69, 9.17) is 4.84 Å². The molecule has 0 aromatic heterocycles. The summed E-state index contributed by atoms with van der Waals surface area (Å²) in [7, 11) is 1.15. The molecule has 1 aliphatic rings. The number of hydroxylamine groups is 1. The minimum atomic E-state index is -4.48. The van der Waals surface area contributed by atoms with Crippen molar-refractivity contribution < 1.29 is 32.3 Å². The summed E-state index contributed by atoms with van der Waals surface area (Å²) >= 11 is 0. The molecule has 2 rings (SSSR count). The van der Waals surface area contributed by atoms with Crippen LogP contribution in [0.2, 0.25) is 0 Å². The number of halogens is 3. The minimum absolute atomic E-state index is 0.0164. The van der Waals surface area contributed by atoms with Gasteiger partial charge < -0.3 is 14.9 Å². The molecular formula is C16H16F3N3O4. The Labute approximate surface area is 146 Å². The molecule has 1 atom stereocenters. The van der Waals surface area contributed by atoms with Gasteiger partial charge in [0.05, 0.1) is 18.6 Å². The maximum Gasteiger partial charge on any atom is 0.416 e. The third-order valence-corrected chi connectivity index (χ3v) is 3.49. The monoisotopic (exact) mass is 371 g/mol. The van der Waals surface area contributed by atoms with E-state index in [1.807, 2.05) is 0 Å². The van der Waals surface area contributed by atoms with Gasteiger partial charge in [0.15, 0.2) is 12.0 Å². The van der Waals surface area contributed by atoms with Gasteiger partial charge in [0.2, 0.25) is 0 Å². The van der Waals surface area contributed by atoms with E-state index in [2.05, 4.69) is 20.5 Å². The third kappa shape index (κ3) is 4.74. The molecule has 0 spiro atoms. The third-order valence-electron chi connectivity index (χ3n) is 3.49. The average molecular weight is 371 g/mol. The van der Waals surface area contributed by atoms with Crippen molar-refractivity contribution in [1.29, 1.82) is 0 Å². The van der Waals surface area contributed by atoms with Gasteiger partial charge in [0.1, 0.15) is 5.84 Å². The molecule has 26 heavy (non-hydrogen) atoms. The Balaban J connectivity index is 2.12. The van der Waals surface area contributed by atoms with E-state index >= 15 is 0 Å². The van der Waals surface area contributed by atoms with Gasteiger partial charge in [-0.2, -0.15) is 13.2 Å². The van der Waals surface area contributed by atoms with Crippen LogP contribution in [0, 0.1) is 0 Å². The highest BCUT2D eigenvalue weighted by atomic mass is 19.4. The molecule has 0 fully saturated rings. The smallest absolute Gasteiger partial charge is 0.416 e. The molecular weight excluding hydrogens is 355 g/mol. The largest absolute Gasteiger partial charge is 0.468 e. The normalized spacial score (nSPS) is 15.0. The summed E-state index contributed by atoms with van der Waals surface area (Å²) in [6.07, 6.45) is -3.39. The lowest BCUT2D eigenvalue weighted by Crippen LogP contribution is -2.34. The Kier molecular flexibility index (Phi) is 5.86. The number of alkyl halides is 3. The van der Waals surface area contributed by atoms with E-state index in [1.54, 1.807) is 6.92 Å². The maximum absolute atomic E-state index is 12.7. The first-order valence-corrected chi connectivity index (χ1v) is 7.42. The Morgan fingerprint density at radius 3 is 2.50 bits per heavy atom. The zero-order valence-corrected chi connectivity index (χ0v) is 13.9. The van der Waals surface area contributed by atoms with Crippen LogP contribution >= 0.6 is 0 Å². The number of carbonyl (C=O) groups is 2. The first-order valence-electron chi connectivity index (χ1n) is 7.42. The number of ether oxygens (including phenoxy) is 1. The fraction of sp³-hybridized carbons (Fsp3) is 0.312. The molecule has 10 heteroatoms. The van der Waals surface area contributed by atoms with Crippen molar-refractivity contribution in [2.24, 2.45) is 4.99 Å². The second-order valence-electron chi connectivity index (χ2n) is 5.33. The highest BCUT2D eigenvalue weighted by Gasteiger charge is 2.31. The van der Waals surface area contributed by atoms with Gasteiger partial charge in [0, 0.05) is 6.54 Å². The Bertz CT molecular complexity index is 742. The molecule has 140 valence electrons. The molecule has 7 nitrogen and oxygen atoms in total. The molecule has 1 aliphatic heterocycles. The number of hydrogen-bond donors (Lipinski definition) is 2. The summed E-state index contributed by atoms with van der Waals surface area (Å²) < 4.78 is 42.6. The van der Waals surface area contributed by atoms with Gasteiger partial charge in [0.25, 0.3) is 5.91 Å². The summed E-state index contributed by atoms with van der Waals surface area (Å²) in [4.78, 5) is 32.8. The second-order valence-corrected chi connectivity index (χ2v) is 5.33. The summed E-state index contributed by atoms with van der Waals surface area (Å²) in [5.74, 6) is -1.91. The molecule has 1 heterocycles. The predicted octanol–water partition coefficient (Wildman–Crippen LogP) is 1.87. The number of hydrogen-bond acceptors (Lipinski definition) is 6. The van der Waals surface area contributed by atoms with Gasteiger partial charge in [-0.25, -0.2) is 10.5 Å². The van der Waals surface area contributed by atoms with Crippen LogP contribution in [-0.2, 0) is 25.3 Å². The van der Waals surface area contributed by atoms with Crippen LogP contribution in [0.3, 0.4) is 0 Å². The molecule has 1 amide bonds. The van der Waals surface area contributed by atoms with E-state index in [0.717, 1.165) is 25.5 Å². The fourth-order valence-corrected chi connectivity index (χ4v) is 2.17. The molecule has 1 unspecified atom stereocenters. The van der Waals surface area contributed by atoms with E-state index in [0.29, 0.717) is 5.84 Å². The van der Waals surface area contributed by atoms with Gasteiger partial charge in [-0.1, -0.05) is 12.1 Å².